The van der Waals surface area contributed by atoms with Crippen LogP contribution in [0.1, 0.15) is 24.0 Å². The molecule has 1 aliphatic rings. The summed E-state index contributed by atoms with van der Waals surface area (Å²) < 4.78 is 0. The van der Waals surface area contributed by atoms with Crippen molar-refractivity contribution in [3.05, 3.63) is 58.3 Å². The lowest BCUT2D eigenvalue weighted by Crippen LogP contribution is -2.46. The third-order valence-corrected chi connectivity index (χ3v) is 5.05. The van der Waals surface area contributed by atoms with E-state index in [1.807, 2.05) is 0 Å². The zero-order valence-electron chi connectivity index (χ0n) is 11.8. The molecule has 1 fully saturated rings. The molecule has 2 N–H and O–H groups in total. The number of hydrogen-bond acceptors (Lipinski definition) is 3. The fourth-order valence-corrected chi connectivity index (χ4v) is 3.77. The molecule has 0 radical (unpaired) electrons. The second-order valence-corrected chi connectivity index (χ2v) is 6.41. The Kier molecular flexibility index (Phi) is 4.51. The molecule has 1 aliphatic heterocycles. The van der Waals surface area contributed by atoms with Crippen LogP contribution >= 0.6 is 11.3 Å². The van der Waals surface area contributed by atoms with Gasteiger partial charge in [-0.2, -0.15) is 11.3 Å². The van der Waals surface area contributed by atoms with E-state index in [0.717, 1.165) is 26.2 Å². The van der Waals surface area contributed by atoms with Gasteiger partial charge in [0.05, 0.1) is 0 Å². The molecule has 20 heavy (non-hydrogen) atoms. The lowest BCUT2D eigenvalue weighted by Gasteiger charge is -2.38. The SMILES string of the molecule is c1ccc(C2(CNCc3ccsc3)CCNCC2)cc1. The molecule has 0 unspecified atom stereocenters. The third-order valence-electron chi connectivity index (χ3n) is 4.32. The molecule has 0 amide bonds. The van der Waals surface area contributed by atoms with Gasteiger partial charge in [0, 0.05) is 18.5 Å². The summed E-state index contributed by atoms with van der Waals surface area (Å²) >= 11 is 1.77. The Morgan fingerprint density at radius 1 is 1.10 bits per heavy atom. The first-order valence-corrected chi connectivity index (χ1v) is 8.31. The molecule has 1 aromatic carbocycles. The molecule has 2 nitrogen and oxygen atoms in total. The zero-order chi connectivity index (χ0) is 13.7. The van der Waals surface area contributed by atoms with E-state index in [-0.39, 0.29) is 0 Å². The van der Waals surface area contributed by atoms with Crippen molar-refractivity contribution in [3.8, 4) is 0 Å². The highest BCUT2D eigenvalue weighted by Crippen LogP contribution is 2.32. The van der Waals surface area contributed by atoms with Crippen LogP contribution in [0.15, 0.2) is 47.2 Å². The van der Waals surface area contributed by atoms with Crippen molar-refractivity contribution in [1.82, 2.24) is 10.6 Å². The number of benzene rings is 1. The van der Waals surface area contributed by atoms with Gasteiger partial charge in [0.1, 0.15) is 0 Å². The fourth-order valence-electron chi connectivity index (χ4n) is 3.10. The van der Waals surface area contributed by atoms with Crippen LogP contribution in [-0.4, -0.2) is 19.6 Å². The van der Waals surface area contributed by atoms with E-state index >= 15 is 0 Å². The number of rotatable bonds is 5. The largest absolute Gasteiger partial charge is 0.317 e. The van der Waals surface area contributed by atoms with E-state index < -0.39 is 0 Å². The van der Waals surface area contributed by atoms with Crippen LogP contribution in [0.5, 0.6) is 0 Å². The molecule has 0 bridgehead atoms. The van der Waals surface area contributed by atoms with Gasteiger partial charge in [-0.05, 0) is 53.9 Å². The highest BCUT2D eigenvalue weighted by molar-refractivity contribution is 7.07. The number of thiophene rings is 1. The van der Waals surface area contributed by atoms with Gasteiger partial charge in [-0.3, -0.25) is 0 Å². The van der Waals surface area contributed by atoms with Gasteiger partial charge in [-0.1, -0.05) is 30.3 Å². The van der Waals surface area contributed by atoms with Crippen molar-refractivity contribution in [1.29, 1.82) is 0 Å². The summed E-state index contributed by atoms with van der Waals surface area (Å²) in [5, 5.41) is 11.5. The lowest BCUT2D eigenvalue weighted by atomic mass is 9.73. The quantitative estimate of drug-likeness (QED) is 0.882. The monoisotopic (exact) mass is 286 g/mol. The van der Waals surface area contributed by atoms with Crippen LogP contribution in [0.2, 0.25) is 0 Å². The highest BCUT2D eigenvalue weighted by Gasteiger charge is 2.33. The van der Waals surface area contributed by atoms with Crippen LogP contribution in [0.25, 0.3) is 0 Å². The van der Waals surface area contributed by atoms with Crippen molar-refractivity contribution in [2.45, 2.75) is 24.8 Å². The third kappa shape index (κ3) is 3.11. The van der Waals surface area contributed by atoms with Crippen molar-refractivity contribution in [3.63, 3.8) is 0 Å². The van der Waals surface area contributed by atoms with Crippen molar-refractivity contribution in [2.75, 3.05) is 19.6 Å². The average Bonchev–Trinajstić information content (AvgIpc) is 3.02. The van der Waals surface area contributed by atoms with Gasteiger partial charge < -0.3 is 10.6 Å². The first-order chi connectivity index (χ1) is 9.89. The Labute approximate surface area is 125 Å². The van der Waals surface area contributed by atoms with E-state index in [9.17, 15) is 0 Å². The fraction of sp³-hybridized carbons (Fsp3) is 0.412. The van der Waals surface area contributed by atoms with Crippen molar-refractivity contribution >= 4 is 11.3 Å². The van der Waals surface area contributed by atoms with Gasteiger partial charge in [-0.15, -0.1) is 0 Å². The predicted octanol–water partition coefficient (Wildman–Crippen LogP) is 3.16. The molecule has 2 heterocycles. The molecular formula is C17H22N2S. The summed E-state index contributed by atoms with van der Waals surface area (Å²) in [7, 11) is 0. The molecule has 0 saturated carbocycles. The van der Waals surface area contributed by atoms with Gasteiger partial charge >= 0.3 is 0 Å². The summed E-state index contributed by atoms with van der Waals surface area (Å²) in [5.74, 6) is 0. The summed E-state index contributed by atoms with van der Waals surface area (Å²) in [6.45, 7) is 4.28. The van der Waals surface area contributed by atoms with Crippen LogP contribution in [-0.2, 0) is 12.0 Å². The summed E-state index contributed by atoms with van der Waals surface area (Å²) in [6, 6.07) is 13.2. The maximum atomic E-state index is 3.68. The van der Waals surface area contributed by atoms with E-state index in [0.29, 0.717) is 5.41 Å². The lowest BCUT2D eigenvalue weighted by molar-refractivity contribution is 0.293. The Morgan fingerprint density at radius 2 is 1.90 bits per heavy atom. The van der Waals surface area contributed by atoms with Gasteiger partial charge in [0.25, 0.3) is 0 Å². The summed E-state index contributed by atoms with van der Waals surface area (Å²) in [4.78, 5) is 0. The van der Waals surface area contributed by atoms with Crippen LogP contribution in [0.4, 0.5) is 0 Å². The maximum Gasteiger partial charge on any atom is 0.0214 e. The minimum Gasteiger partial charge on any atom is -0.317 e. The molecule has 0 atom stereocenters. The van der Waals surface area contributed by atoms with E-state index in [1.54, 1.807) is 11.3 Å². The maximum absolute atomic E-state index is 3.68. The molecule has 0 spiro atoms. The standard InChI is InChI=1S/C17H22N2S/c1-2-4-16(5-3-1)17(7-9-18-10-8-17)14-19-12-15-6-11-20-13-15/h1-6,11,13,18-19H,7-10,12,14H2. The minimum atomic E-state index is 0.294. The van der Waals surface area contributed by atoms with E-state index in [1.165, 1.54) is 24.0 Å². The second-order valence-electron chi connectivity index (χ2n) is 5.63. The van der Waals surface area contributed by atoms with Crippen molar-refractivity contribution in [2.24, 2.45) is 0 Å². The minimum absolute atomic E-state index is 0.294. The molecule has 106 valence electrons. The molecular weight excluding hydrogens is 264 g/mol. The summed E-state index contributed by atoms with van der Waals surface area (Å²) in [6.07, 6.45) is 2.43. The molecule has 2 aromatic rings. The van der Waals surface area contributed by atoms with Gasteiger partial charge in [-0.25, -0.2) is 0 Å². The smallest absolute Gasteiger partial charge is 0.0214 e. The number of hydrogen-bond donors (Lipinski definition) is 2. The Hall–Kier alpha value is -1.16. The first-order valence-electron chi connectivity index (χ1n) is 7.37. The molecule has 1 aromatic heterocycles. The predicted molar refractivity (Wildman–Crippen MR) is 86.2 cm³/mol. The van der Waals surface area contributed by atoms with Crippen LogP contribution < -0.4 is 10.6 Å². The molecule has 3 heteroatoms. The Morgan fingerprint density at radius 3 is 2.60 bits per heavy atom. The number of nitrogens with one attached hydrogen (secondary N) is 2. The highest BCUT2D eigenvalue weighted by atomic mass is 32.1. The topological polar surface area (TPSA) is 24.1 Å². The number of piperidine rings is 1. The van der Waals surface area contributed by atoms with Crippen molar-refractivity contribution < 1.29 is 0 Å². The van der Waals surface area contributed by atoms with E-state index in [4.69, 9.17) is 0 Å². The molecule has 3 rings (SSSR count). The average molecular weight is 286 g/mol. The van der Waals surface area contributed by atoms with Gasteiger partial charge in [0.15, 0.2) is 0 Å². The molecule has 1 saturated heterocycles. The Balaban J connectivity index is 1.69. The Bertz CT molecular complexity index is 501. The molecule has 0 aliphatic carbocycles. The summed E-state index contributed by atoms with van der Waals surface area (Å²) in [5.41, 5.74) is 3.18. The van der Waals surface area contributed by atoms with Crippen LogP contribution in [0, 0.1) is 0 Å². The normalized spacial score (nSPS) is 18.0. The van der Waals surface area contributed by atoms with E-state index in [2.05, 4.69) is 57.8 Å². The van der Waals surface area contributed by atoms with Gasteiger partial charge in [0.2, 0.25) is 0 Å². The van der Waals surface area contributed by atoms with Crippen LogP contribution in [0.3, 0.4) is 0 Å². The zero-order valence-corrected chi connectivity index (χ0v) is 12.6. The first kappa shape index (κ1) is 13.8. The second kappa shape index (κ2) is 6.53.